The van der Waals surface area contributed by atoms with Crippen molar-refractivity contribution in [2.24, 2.45) is 0 Å². The quantitative estimate of drug-likeness (QED) is 0.488. The van der Waals surface area contributed by atoms with Crippen LogP contribution in [0.25, 0.3) is 0 Å². The van der Waals surface area contributed by atoms with Crippen LogP contribution in [0.4, 0.5) is 5.69 Å². The number of carbonyl (C=O) groups is 1. The summed E-state index contributed by atoms with van der Waals surface area (Å²) in [7, 11) is 0. The van der Waals surface area contributed by atoms with Crippen LogP contribution < -0.4 is 5.32 Å². The summed E-state index contributed by atoms with van der Waals surface area (Å²) in [5.41, 5.74) is -0.0231. The topological polar surface area (TPSA) is 84.7 Å². The number of hydrogen-bond acceptors (Lipinski definition) is 5. The van der Waals surface area contributed by atoms with E-state index in [2.05, 4.69) is 10.2 Å². The number of non-ortho nitro benzene ring substituents is 1. The Bertz CT molecular complexity index is 547. The predicted octanol–water partition coefficient (Wildman–Crippen LogP) is 1.70. The predicted molar refractivity (Wildman–Crippen MR) is 82.3 cm³/mol. The first-order chi connectivity index (χ1) is 10.6. The number of benzene rings is 1. The van der Waals surface area contributed by atoms with Crippen molar-refractivity contribution in [2.75, 3.05) is 39.4 Å². The smallest absolute Gasteiger partial charge is 0.270 e. The average Bonchev–Trinajstić information content (AvgIpc) is 2.52. The molecule has 1 aliphatic heterocycles. The van der Waals surface area contributed by atoms with E-state index in [1.807, 2.05) is 0 Å². The van der Waals surface area contributed by atoms with Gasteiger partial charge < -0.3 is 10.1 Å². The van der Waals surface area contributed by atoms with E-state index in [1.54, 1.807) is 0 Å². The Balaban J connectivity index is 1.81. The van der Waals surface area contributed by atoms with E-state index >= 15 is 0 Å². The lowest BCUT2D eigenvalue weighted by atomic mass is 10.2. The van der Waals surface area contributed by atoms with Gasteiger partial charge in [-0.2, -0.15) is 0 Å². The molecule has 0 atom stereocenters. The molecule has 1 N–H and O–H groups in total. The Morgan fingerprint density at radius 1 is 1.41 bits per heavy atom. The van der Waals surface area contributed by atoms with Gasteiger partial charge in [0.15, 0.2) is 0 Å². The highest BCUT2D eigenvalue weighted by molar-refractivity contribution is 6.33. The van der Waals surface area contributed by atoms with Crippen LogP contribution in [-0.4, -0.2) is 55.1 Å². The molecular formula is C14H18ClN3O4. The van der Waals surface area contributed by atoms with Crippen molar-refractivity contribution in [1.82, 2.24) is 10.2 Å². The first-order valence-corrected chi connectivity index (χ1v) is 7.48. The fraction of sp³-hybridized carbons (Fsp3) is 0.500. The number of carbonyl (C=O) groups excluding carboxylic acids is 1. The molecule has 7 nitrogen and oxygen atoms in total. The van der Waals surface area contributed by atoms with Crippen LogP contribution in [0.1, 0.15) is 16.8 Å². The highest BCUT2D eigenvalue weighted by Gasteiger charge is 2.15. The molecule has 1 aliphatic rings. The van der Waals surface area contributed by atoms with Crippen LogP contribution in [0, 0.1) is 10.1 Å². The van der Waals surface area contributed by atoms with E-state index in [-0.39, 0.29) is 16.3 Å². The zero-order valence-electron chi connectivity index (χ0n) is 12.1. The van der Waals surface area contributed by atoms with Crippen LogP contribution in [0.5, 0.6) is 0 Å². The van der Waals surface area contributed by atoms with Gasteiger partial charge in [0.25, 0.3) is 11.6 Å². The molecule has 1 fully saturated rings. The lowest BCUT2D eigenvalue weighted by molar-refractivity contribution is -0.384. The summed E-state index contributed by atoms with van der Waals surface area (Å²) in [6, 6.07) is 3.83. The summed E-state index contributed by atoms with van der Waals surface area (Å²) in [6.45, 7) is 4.68. The van der Waals surface area contributed by atoms with Crippen molar-refractivity contribution in [3.05, 3.63) is 38.9 Å². The molecule has 0 saturated carbocycles. The van der Waals surface area contributed by atoms with Gasteiger partial charge in [0.05, 0.1) is 28.7 Å². The van der Waals surface area contributed by atoms with Crippen molar-refractivity contribution in [1.29, 1.82) is 0 Å². The van der Waals surface area contributed by atoms with Crippen molar-refractivity contribution >= 4 is 23.2 Å². The van der Waals surface area contributed by atoms with E-state index in [0.29, 0.717) is 6.54 Å². The van der Waals surface area contributed by atoms with Gasteiger partial charge in [-0.05, 0) is 19.0 Å². The molecule has 2 rings (SSSR count). The van der Waals surface area contributed by atoms with Crippen LogP contribution in [-0.2, 0) is 4.74 Å². The molecule has 0 bridgehead atoms. The number of nitro benzene ring substituents is 1. The van der Waals surface area contributed by atoms with E-state index in [4.69, 9.17) is 16.3 Å². The minimum atomic E-state index is -0.550. The third-order valence-electron chi connectivity index (χ3n) is 3.45. The Morgan fingerprint density at radius 2 is 2.14 bits per heavy atom. The molecular weight excluding hydrogens is 310 g/mol. The van der Waals surface area contributed by atoms with Crippen LogP contribution >= 0.6 is 11.6 Å². The van der Waals surface area contributed by atoms with Crippen LogP contribution in [0.2, 0.25) is 5.02 Å². The molecule has 1 aromatic rings. The summed E-state index contributed by atoms with van der Waals surface area (Å²) in [5, 5.41) is 13.7. The molecule has 0 unspecified atom stereocenters. The standard InChI is InChI=1S/C14H18ClN3O4/c15-13-3-2-11(18(20)21)10-12(13)14(19)16-4-1-5-17-6-8-22-9-7-17/h2-3,10H,1,4-9H2,(H,16,19). The zero-order valence-corrected chi connectivity index (χ0v) is 12.8. The molecule has 0 spiro atoms. The number of nitrogens with one attached hydrogen (secondary N) is 1. The summed E-state index contributed by atoms with van der Waals surface area (Å²) >= 11 is 5.92. The number of amides is 1. The maximum Gasteiger partial charge on any atom is 0.270 e. The highest BCUT2D eigenvalue weighted by Crippen LogP contribution is 2.21. The zero-order chi connectivity index (χ0) is 15.9. The second-order valence-electron chi connectivity index (χ2n) is 4.98. The van der Waals surface area contributed by atoms with Crippen LogP contribution in [0.15, 0.2) is 18.2 Å². The van der Waals surface area contributed by atoms with Gasteiger partial charge in [-0.15, -0.1) is 0 Å². The average molecular weight is 328 g/mol. The molecule has 0 radical (unpaired) electrons. The minimum Gasteiger partial charge on any atom is -0.379 e. The van der Waals surface area contributed by atoms with Crippen molar-refractivity contribution in [3.8, 4) is 0 Å². The number of nitro groups is 1. The molecule has 22 heavy (non-hydrogen) atoms. The second-order valence-corrected chi connectivity index (χ2v) is 5.39. The molecule has 1 aromatic carbocycles. The van der Waals surface area contributed by atoms with Crippen molar-refractivity contribution in [2.45, 2.75) is 6.42 Å². The molecule has 1 heterocycles. The number of hydrogen-bond donors (Lipinski definition) is 1. The maximum atomic E-state index is 12.0. The number of morpholine rings is 1. The van der Waals surface area contributed by atoms with E-state index < -0.39 is 10.8 Å². The SMILES string of the molecule is O=C(NCCCN1CCOCC1)c1cc([N+](=O)[O-])ccc1Cl. The number of ether oxygens (including phenoxy) is 1. The van der Waals surface area contributed by atoms with E-state index in [1.165, 1.54) is 18.2 Å². The third-order valence-corrected chi connectivity index (χ3v) is 3.78. The summed E-state index contributed by atoms with van der Waals surface area (Å²) in [5.74, 6) is -0.393. The summed E-state index contributed by atoms with van der Waals surface area (Å²) in [6.07, 6.45) is 0.804. The summed E-state index contributed by atoms with van der Waals surface area (Å²) in [4.78, 5) is 24.5. The van der Waals surface area contributed by atoms with E-state index in [0.717, 1.165) is 39.3 Å². The minimum absolute atomic E-state index is 0.127. The monoisotopic (exact) mass is 327 g/mol. The Hall–Kier alpha value is -1.70. The number of rotatable bonds is 6. The fourth-order valence-corrected chi connectivity index (χ4v) is 2.43. The molecule has 0 aliphatic carbocycles. The van der Waals surface area contributed by atoms with Crippen LogP contribution in [0.3, 0.4) is 0 Å². The van der Waals surface area contributed by atoms with E-state index in [9.17, 15) is 14.9 Å². The second kappa shape index (κ2) is 8.07. The lowest BCUT2D eigenvalue weighted by Gasteiger charge is -2.26. The molecule has 1 saturated heterocycles. The van der Waals surface area contributed by atoms with Gasteiger partial charge in [-0.3, -0.25) is 19.8 Å². The molecule has 1 amide bonds. The molecule has 0 aromatic heterocycles. The van der Waals surface area contributed by atoms with Gasteiger partial charge >= 0.3 is 0 Å². The van der Waals surface area contributed by atoms with Crippen molar-refractivity contribution < 1.29 is 14.5 Å². The van der Waals surface area contributed by atoms with Gasteiger partial charge in [-0.1, -0.05) is 11.6 Å². The Labute approximate surface area is 133 Å². The fourth-order valence-electron chi connectivity index (χ4n) is 2.23. The first-order valence-electron chi connectivity index (χ1n) is 7.10. The Morgan fingerprint density at radius 3 is 2.82 bits per heavy atom. The van der Waals surface area contributed by atoms with Gasteiger partial charge in [0.2, 0.25) is 0 Å². The van der Waals surface area contributed by atoms with Gasteiger partial charge in [0.1, 0.15) is 0 Å². The number of nitrogens with zero attached hydrogens (tertiary/aromatic N) is 2. The van der Waals surface area contributed by atoms with Gasteiger partial charge in [0, 0.05) is 31.8 Å². The first kappa shape index (κ1) is 16.7. The number of halogens is 1. The highest BCUT2D eigenvalue weighted by atomic mass is 35.5. The Kier molecular flexibility index (Phi) is 6.11. The molecule has 8 heteroatoms. The third kappa shape index (κ3) is 4.66. The largest absolute Gasteiger partial charge is 0.379 e. The normalized spacial score (nSPS) is 15.5. The lowest BCUT2D eigenvalue weighted by Crippen LogP contribution is -2.38. The molecule has 120 valence electrons. The van der Waals surface area contributed by atoms with Crippen molar-refractivity contribution in [3.63, 3.8) is 0 Å². The maximum absolute atomic E-state index is 12.0. The summed E-state index contributed by atoms with van der Waals surface area (Å²) < 4.78 is 5.26. The van der Waals surface area contributed by atoms with Gasteiger partial charge in [-0.25, -0.2) is 0 Å².